The highest BCUT2D eigenvalue weighted by Crippen LogP contribution is 2.20. The average Bonchev–Trinajstić information content (AvgIpc) is 2.61. The van der Waals surface area contributed by atoms with Crippen molar-refractivity contribution >= 4 is 12.1 Å². The molecule has 0 spiro atoms. The summed E-state index contributed by atoms with van der Waals surface area (Å²) in [5.74, 6) is 0.0173. The number of hydrogen-bond donors (Lipinski definition) is 0. The van der Waals surface area contributed by atoms with Crippen LogP contribution in [0.3, 0.4) is 0 Å². The lowest BCUT2D eigenvalue weighted by Gasteiger charge is -2.33. The number of hydrogen-bond acceptors (Lipinski definition) is 4. The number of nitrogens with zero attached hydrogens (tertiary/aromatic N) is 1. The topological polar surface area (TPSA) is 55.8 Å². The highest BCUT2D eigenvalue weighted by molar-refractivity contribution is 5.81. The lowest BCUT2D eigenvalue weighted by atomic mass is 10.0. The zero-order chi connectivity index (χ0) is 18.5. The van der Waals surface area contributed by atoms with Crippen LogP contribution in [0, 0.1) is 5.92 Å². The molecule has 1 aliphatic rings. The summed E-state index contributed by atoms with van der Waals surface area (Å²) in [6, 6.07) is -0.474. The molecule has 25 heavy (non-hydrogen) atoms. The van der Waals surface area contributed by atoms with Crippen LogP contribution in [0.25, 0.3) is 0 Å². The third-order valence-corrected chi connectivity index (χ3v) is 4.54. The van der Waals surface area contributed by atoms with Crippen molar-refractivity contribution in [3.05, 3.63) is 0 Å². The van der Waals surface area contributed by atoms with Crippen molar-refractivity contribution in [2.75, 3.05) is 19.8 Å². The first-order valence-electron chi connectivity index (χ1n) is 10.2. The van der Waals surface area contributed by atoms with Crippen LogP contribution in [0.15, 0.2) is 0 Å². The second kappa shape index (κ2) is 13.0. The first kappa shape index (κ1) is 21.8. The molecule has 1 heterocycles. The Bertz CT molecular complexity index is 384. The smallest absolute Gasteiger partial charge is 0.410 e. The molecule has 0 radical (unpaired) electrons. The molecule has 5 nitrogen and oxygen atoms in total. The van der Waals surface area contributed by atoms with Crippen LogP contribution in [-0.2, 0) is 14.3 Å². The van der Waals surface area contributed by atoms with Crippen LogP contribution in [0.5, 0.6) is 0 Å². The van der Waals surface area contributed by atoms with E-state index in [1.165, 1.54) is 32.1 Å². The van der Waals surface area contributed by atoms with E-state index in [0.29, 0.717) is 26.2 Å². The Labute approximate surface area is 153 Å². The summed E-state index contributed by atoms with van der Waals surface area (Å²) in [5, 5.41) is 0. The van der Waals surface area contributed by atoms with Gasteiger partial charge in [0.1, 0.15) is 6.04 Å². The molecule has 1 saturated heterocycles. The Morgan fingerprint density at radius 3 is 2.36 bits per heavy atom. The standard InChI is InChI=1S/C20H37NO4/c1-4-5-6-7-8-9-12-15-24-19(22)18-13-10-11-14-21(18)20(23)25-16-17(2)3/h17-18H,4-16H2,1-3H3. The van der Waals surface area contributed by atoms with E-state index in [-0.39, 0.29) is 18.0 Å². The normalized spacial score (nSPS) is 17.6. The molecule has 0 aromatic carbocycles. The highest BCUT2D eigenvalue weighted by atomic mass is 16.6. The number of rotatable bonds is 11. The maximum Gasteiger partial charge on any atom is 0.410 e. The van der Waals surface area contributed by atoms with Gasteiger partial charge in [-0.3, -0.25) is 4.90 Å². The molecule has 146 valence electrons. The predicted molar refractivity (Wildman–Crippen MR) is 99.5 cm³/mol. The average molecular weight is 356 g/mol. The summed E-state index contributed by atoms with van der Waals surface area (Å²) in [5.41, 5.74) is 0. The van der Waals surface area contributed by atoms with Crippen molar-refractivity contribution in [1.29, 1.82) is 0 Å². The molecule has 0 aromatic rings. The fraction of sp³-hybridized carbons (Fsp3) is 0.900. The van der Waals surface area contributed by atoms with E-state index in [4.69, 9.17) is 9.47 Å². The second-order valence-electron chi connectivity index (χ2n) is 7.46. The van der Waals surface area contributed by atoms with Gasteiger partial charge in [-0.2, -0.15) is 0 Å². The molecule has 1 fully saturated rings. The summed E-state index contributed by atoms with van der Waals surface area (Å²) < 4.78 is 10.7. The van der Waals surface area contributed by atoms with E-state index in [0.717, 1.165) is 25.7 Å². The van der Waals surface area contributed by atoms with Gasteiger partial charge in [0.25, 0.3) is 0 Å². The Kier molecular flexibility index (Phi) is 11.3. The minimum Gasteiger partial charge on any atom is -0.464 e. The summed E-state index contributed by atoms with van der Waals surface area (Å²) in [6.45, 7) is 7.63. The van der Waals surface area contributed by atoms with E-state index < -0.39 is 6.04 Å². The van der Waals surface area contributed by atoms with Crippen molar-refractivity contribution in [2.24, 2.45) is 5.92 Å². The first-order valence-corrected chi connectivity index (χ1v) is 10.2. The largest absolute Gasteiger partial charge is 0.464 e. The quantitative estimate of drug-likeness (QED) is 0.389. The highest BCUT2D eigenvalue weighted by Gasteiger charge is 2.34. The third-order valence-electron chi connectivity index (χ3n) is 4.54. The lowest BCUT2D eigenvalue weighted by molar-refractivity contribution is -0.150. The molecule has 1 rings (SSSR count). The van der Waals surface area contributed by atoms with E-state index >= 15 is 0 Å². The van der Waals surface area contributed by atoms with E-state index in [1.807, 2.05) is 13.8 Å². The number of esters is 1. The fourth-order valence-electron chi connectivity index (χ4n) is 3.04. The Morgan fingerprint density at radius 2 is 1.68 bits per heavy atom. The van der Waals surface area contributed by atoms with Gasteiger partial charge in [0.05, 0.1) is 13.2 Å². The SMILES string of the molecule is CCCCCCCCCOC(=O)C1CCCCN1C(=O)OCC(C)C. The van der Waals surface area contributed by atoms with Crippen molar-refractivity contribution in [2.45, 2.75) is 91.0 Å². The number of piperidine rings is 1. The van der Waals surface area contributed by atoms with E-state index in [9.17, 15) is 9.59 Å². The lowest BCUT2D eigenvalue weighted by Crippen LogP contribution is -2.49. The molecular formula is C20H37NO4. The molecule has 0 bridgehead atoms. The van der Waals surface area contributed by atoms with Gasteiger partial charge in [-0.1, -0.05) is 59.3 Å². The Balaban J connectivity index is 2.27. The summed E-state index contributed by atoms with van der Waals surface area (Å²) >= 11 is 0. The summed E-state index contributed by atoms with van der Waals surface area (Å²) in [7, 11) is 0. The van der Waals surface area contributed by atoms with E-state index in [2.05, 4.69) is 6.92 Å². The number of likely N-dealkylation sites (tertiary alicyclic amines) is 1. The molecule has 5 heteroatoms. The predicted octanol–water partition coefficient (Wildman–Crippen LogP) is 4.93. The van der Waals surface area contributed by atoms with Gasteiger partial charge in [-0.25, -0.2) is 9.59 Å². The number of carbonyl (C=O) groups excluding carboxylic acids is 2. The van der Waals surface area contributed by atoms with E-state index in [1.54, 1.807) is 4.90 Å². The maximum absolute atomic E-state index is 12.4. The summed E-state index contributed by atoms with van der Waals surface area (Å²) in [4.78, 5) is 26.1. The monoisotopic (exact) mass is 355 g/mol. The molecule has 1 amide bonds. The Morgan fingerprint density at radius 1 is 1.00 bits per heavy atom. The molecule has 1 aliphatic heterocycles. The van der Waals surface area contributed by atoms with Crippen LogP contribution < -0.4 is 0 Å². The third kappa shape index (κ3) is 9.13. The molecule has 0 saturated carbocycles. The van der Waals surface area contributed by atoms with Crippen molar-refractivity contribution in [3.63, 3.8) is 0 Å². The number of carbonyl (C=O) groups is 2. The van der Waals surface area contributed by atoms with Crippen LogP contribution in [0.2, 0.25) is 0 Å². The van der Waals surface area contributed by atoms with Gasteiger partial charge in [0.2, 0.25) is 0 Å². The number of unbranched alkanes of at least 4 members (excludes halogenated alkanes) is 6. The van der Waals surface area contributed by atoms with Gasteiger partial charge < -0.3 is 9.47 Å². The Hall–Kier alpha value is -1.26. The zero-order valence-corrected chi connectivity index (χ0v) is 16.4. The van der Waals surface area contributed by atoms with Gasteiger partial charge in [-0.05, 0) is 31.6 Å². The zero-order valence-electron chi connectivity index (χ0n) is 16.4. The molecule has 1 atom stereocenters. The van der Waals surface area contributed by atoms with Crippen LogP contribution in [-0.4, -0.2) is 42.8 Å². The van der Waals surface area contributed by atoms with Crippen molar-refractivity contribution in [1.82, 2.24) is 4.90 Å². The van der Waals surface area contributed by atoms with Gasteiger partial charge in [0.15, 0.2) is 0 Å². The molecule has 1 unspecified atom stereocenters. The van der Waals surface area contributed by atoms with Crippen LogP contribution in [0.4, 0.5) is 4.79 Å². The van der Waals surface area contributed by atoms with Gasteiger partial charge >= 0.3 is 12.1 Å². The molecule has 0 aromatic heterocycles. The van der Waals surface area contributed by atoms with Gasteiger partial charge in [0, 0.05) is 6.54 Å². The fourth-order valence-corrected chi connectivity index (χ4v) is 3.04. The van der Waals surface area contributed by atoms with Gasteiger partial charge in [-0.15, -0.1) is 0 Å². The first-order chi connectivity index (χ1) is 12.1. The molecule has 0 N–H and O–H groups in total. The number of amides is 1. The minimum absolute atomic E-state index is 0.271. The second-order valence-corrected chi connectivity index (χ2v) is 7.46. The van der Waals surface area contributed by atoms with Crippen molar-refractivity contribution in [3.8, 4) is 0 Å². The van der Waals surface area contributed by atoms with Crippen molar-refractivity contribution < 1.29 is 19.1 Å². The molecule has 0 aliphatic carbocycles. The van der Waals surface area contributed by atoms with Crippen LogP contribution >= 0.6 is 0 Å². The molecular weight excluding hydrogens is 318 g/mol. The van der Waals surface area contributed by atoms with Crippen LogP contribution in [0.1, 0.15) is 85.0 Å². The minimum atomic E-state index is -0.474. The summed E-state index contributed by atoms with van der Waals surface area (Å²) in [6.07, 6.45) is 10.5. The maximum atomic E-state index is 12.4. The number of ether oxygens (including phenoxy) is 2.